The normalized spacial score (nSPS) is 24.4. The Morgan fingerprint density at radius 3 is 2.67 bits per heavy atom. The van der Waals surface area contributed by atoms with E-state index in [1.54, 1.807) is 0 Å². The van der Waals surface area contributed by atoms with Crippen molar-refractivity contribution < 1.29 is 0 Å². The van der Waals surface area contributed by atoms with Crippen LogP contribution in [0.25, 0.3) is 0 Å². The number of rotatable bonds is 3. The highest BCUT2D eigenvalue weighted by atomic mass is 15.2. The zero-order chi connectivity index (χ0) is 13.1. The molecule has 1 aromatic rings. The van der Waals surface area contributed by atoms with Crippen LogP contribution in [0.4, 0.5) is 0 Å². The summed E-state index contributed by atoms with van der Waals surface area (Å²) in [6, 6.07) is 10.8. The lowest BCUT2D eigenvalue weighted by atomic mass is 10.1. The van der Waals surface area contributed by atoms with Crippen LogP contribution in [-0.2, 0) is 6.54 Å². The fraction of sp³-hybridized carbons (Fsp3) is 0.533. The molecular weight excluding hydrogens is 222 g/mol. The molecule has 0 bridgehead atoms. The number of nitriles is 1. The monoisotopic (exact) mass is 243 g/mol. The Morgan fingerprint density at radius 1 is 1.33 bits per heavy atom. The van der Waals surface area contributed by atoms with Gasteiger partial charge in [-0.2, -0.15) is 5.26 Å². The number of nitrogens with zero attached hydrogens (tertiary/aromatic N) is 3. The second-order valence-electron chi connectivity index (χ2n) is 5.47. The molecule has 0 spiro atoms. The second kappa shape index (κ2) is 5.51. The van der Waals surface area contributed by atoms with Crippen LogP contribution >= 0.6 is 0 Å². The molecule has 0 aromatic heterocycles. The molecule has 2 unspecified atom stereocenters. The van der Waals surface area contributed by atoms with Gasteiger partial charge >= 0.3 is 0 Å². The second-order valence-corrected chi connectivity index (χ2v) is 5.47. The summed E-state index contributed by atoms with van der Waals surface area (Å²) in [5, 5.41) is 9.11. The minimum atomic E-state index is 0.624. The van der Waals surface area contributed by atoms with Gasteiger partial charge in [-0.15, -0.1) is 0 Å². The maximum absolute atomic E-state index is 9.11. The topological polar surface area (TPSA) is 30.3 Å². The summed E-state index contributed by atoms with van der Waals surface area (Å²) in [5.74, 6) is 0.689. The van der Waals surface area contributed by atoms with Gasteiger partial charge in [0, 0.05) is 25.7 Å². The molecule has 1 heterocycles. The van der Waals surface area contributed by atoms with E-state index in [4.69, 9.17) is 5.26 Å². The maximum atomic E-state index is 9.11. The summed E-state index contributed by atoms with van der Waals surface area (Å²) in [5.41, 5.74) is 1.95. The summed E-state index contributed by atoms with van der Waals surface area (Å²) in [4.78, 5) is 4.76. The molecule has 0 aliphatic carbocycles. The molecule has 1 fully saturated rings. The predicted octanol–water partition coefficient (Wildman–Crippen LogP) is 1.94. The van der Waals surface area contributed by atoms with Crippen LogP contribution in [0, 0.1) is 17.2 Å². The lowest BCUT2D eigenvalue weighted by Crippen LogP contribution is -2.34. The van der Waals surface area contributed by atoms with Gasteiger partial charge in [-0.25, -0.2) is 0 Å². The first-order chi connectivity index (χ1) is 8.61. The fourth-order valence-corrected chi connectivity index (χ4v) is 2.86. The average Bonchev–Trinajstić information content (AvgIpc) is 2.71. The molecule has 1 aromatic carbocycles. The summed E-state index contributed by atoms with van der Waals surface area (Å²) in [6.45, 7) is 5.40. The number of benzene rings is 1. The first-order valence-corrected chi connectivity index (χ1v) is 6.48. The Balaban J connectivity index is 2.06. The van der Waals surface area contributed by atoms with E-state index in [0.717, 1.165) is 30.8 Å². The molecule has 1 aliphatic heterocycles. The van der Waals surface area contributed by atoms with E-state index in [-0.39, 0.29) is 0 Å². The SMILES string of the molecule is CC1CN(Cc2ccccc2C#N)CC1N(C)C. The Morgan fingerprint density at radius 2 is 2.06 bits per heavy atom. The summed E-state index contributed by atoms with van der Waals surface area (Å²) in [7, 11) is 4.29. The molecule has 0 N–H and O–H groups in total. The zero-order valence-electron chi connectivity index (χ0n) is 11.4. The molecule has 1 aliphatic rings. The van der Waals surface area contributed by atoms with Gasteiger partial charge in [-0.05, 0) is 31.6 Å². The molecule has 3 heteroatoms. The summed E-state index contributed by atoms with van der Waals surface area (Å²) in [6.07, 6.45) is 0. The van der Waals surface area contributed by atoms with Crippen LogP contribution in [0.3, 0.4) is 0 Å². The van der Waals surface area contributed by atoms with Crippen LogP contribution < -0.4 is 0 Å². The van der Waals surface area contributed by atoms with Gasteiger partial charge in [0.05, 0.1) is 11.6 Å². The van der Waals surface area contributed by atoms with Crippen molar-refractivity contribution in [1.82, 2.24) is 9.80 Å². The third-order valence-electron chi connectivity index (χ3n) is 3.84. The summed E-state index contributed by atoms with van der Waals surface area (Å²) >= 11 is 0. The van der Waals surface area contributed by atoms with Crippen LogP contribution in [0.15, 0.2) is 24.3 Å². The van der Waals surface area contributed by atoms with Gasteiger partial charge in [0.2, 0.25) is 0 Å². The molecule has 2 rings (SSSR count). The molecule has 1 saturated heterocycles. The largest absolute Gasteiger partial charge is 0.305 e. The molecule has 96 valence electrons. The highest BCUT2D eigenvalue weighted by Gasteiger charge is 2.30. The van der Waals surface area contributed by atoms with E-state index in [0.29, 0.717) is 12.0 Å². The van der Waals surface area contributed by atoms with Gasteiger partial charge < -0.3 is 4.90 Å². The lowest BCUT2D eigenvalue weighted by Gasteiger charge is -2.22. The van der Waals surface area contributed by atoms with Gasteiger partial charge in [-0.1, -0.05) is 25.1 Å². The molecule has 18 heavy (non-hydrogen) atoms. The minimum absolute atomic E-state index is 0.624. The van der Waals surface area contributed by atoms with Crippen molar-refractivity contribution in [3.63, 3.8) is 0 Å². The Labute approximate surface area is 110 Å². The van der Waals surface area contributed by atoms with Crippen molar-refractivity contribution in [2.24, 2.45) is 5.92 Å². The van der Waals surface area contributed by atoms with E-state index in [2.05, 4.69) is 43.0 Å². The van der Waals surface area contributed by atoms with Crippen molar-refractivity contribution >= 4 is 0 Å². The first kappa shape index (κ1) is 13.1. The van der Waals surface area contributed by atoms with Gasteiger partial charge in [0.25, 0.3) is 0 Å². The quantitative estimate of drug-likeness (QED) is 0.812. The van der Waals surface area contributed by atoms with Crippen molar-refractivity contribution in [2.75, 3.05) is 27.2 Å². The average molecular weight is 243 g/mol. The molecule has 0 radical (unpaired) electrons. The molecule has 0 amide bonds. The first-order valence-electron chi connectivity index (χ1n) is 6.48. The van der Waals surface area contributed by atoms with Gasteiger partial charge in [0.15, 0.2) is 0 Å². The van der Waals surface area contributed by atoms with E-state index in [1.165, 1.54) is 0 Å². The van der Waals surface area contributed by atoms with Crippen molar-refractivity contribution in [1.29, 1.82) is 5.26 Å². The number of likely N-dealkylation sites (tertiary alicyclic amines) is 1. The molecule has 0 saturated carbocycles. The highest BCUT2D eigenvalue weighted by Crippen LogP contribution is 2.22. The van der Waals surface area contributed by atoms with Crippen LogP contribution in [-0.4, -0.2) is 43.0 Å². The Bertz CT molecular complexity index is 447. The minimum Gasteiger partial charge on any atom is -0.305 e. The molecular formula is C15H21N3. The number of likely N-dealkylation sites (N-methyl/N-ethyl adjacent to an activating group) is 1. The highest BCUT2D eigenvalue weighted by molar-refractivity contribution is 5.37. The van der Waals surface area contributed by atoms with Crippen LogP contribution in [0.2, 0.25) is 0 Å². The van der Waals surface area contributed by atoms with Crippen LogP contribution in [0.5, 0.6) is 0 Å². The van der Waals surface area contributed by atoms with Crippen molar-refractivity contribution in [3.05, 3.63) is 35.4 Å². The predicted molar refractivity (Wildman–Crippen MR) is 73.1 cm³/mol. The molecule has 2 atom stereocenters. The van der Waals surface area contributed by atoms with Gasteiger partial charge in [0.1, 0.15) is 0 Å². The zero-order valence-corrected chi connectivity index (χ0v) is 11.4. The fourth-order valence-electron chi connectivity index (χ4n) is 2.86. The number of hydrogen-bond donors (Lipinski definition) is 0. The third kappa shape index (κ3) is 2.72. The van der Waals surface area contributed by atoms with E-state index >= 15 is 0 Å². The summed E-state index contributed by atoms with van der Waals surface area (Å²) < 4.78 is 0. The van der Waals surface area contributed by atoms with E-state index in [1.807, 2.05) is 18.2 Å². The Hall–Kier alpha value is -1.37. The lowest BCUT2D eigenvalue weighted by molar-refractivity contribution is 0.250. The standard InChI is InChI=1S/C15H21N3/c1-12-9-18(11-15(12)17(2)3)10-14-7-5-4-6-13(14)8-16/h4-7,12,15H,9-11H2,1-3H3. The maximum Gasteiger partial charge on any atom is 0.0995 e. The number of hydrogen-bond acceptors (Lipinski definition) is 3. The third-order valence-corrected chi connectivity index (χ3v) is 3.84. The van der Waals surface area contributed by atoms with E-state index in [9.17, 15) is 0 Å². The van der Waals surface area contributed by atoms with Crippen molar-refractivity contribution in [3.8, 4) is 6.07 Å². The van der Waals surface area contributed by atoms with E-state index < -0.39 is 0 Å². The van der Waals surface area contributed by atoms with Crippen LogP contribution in [0.1, 0.15) is 18.1 Å². The Kier molecular flexibility index (Phi) is 4.00. The van der Waals surface area contributed by atoms with Crippen molar-refractivity contribution in [2.45, 2.75) is 19.5 Å². The van der Waals surface area contributed by atoms with Gasteiger partial charge in [-0.3, -0.25) is 4.90 Å². The smallest absolute Gasteiger partial charge is 0.0995 e. The molecule has 3 nitrogen and oxygen atoms in total.